The smallest absolute Gasteiger partial charge is 0.247 e. The van der Waals surface area contributed by atoms with Gasteiger partial charge in [0.25, 0.3) is 0 Å². The van der Waals surface area contributed by atoms with E-state index in [1.165, 1.54) is 4.90 Å². The van der Waals surface area contributed by atoms with E-state index in [4.69, 9.17) is 17.2 Å². The highest BCUT2D eigenvalue weighted by atomic mass is 16.2. The summed E-state index contributed by atoms with van der Waals surface area (Å²) in [5.41, 5.74) is 19.6. The maximum atomic E-state index is 13.2. The molecule has 0 radical (unpaired) electrons. The lowest BCUT2D eigenvalue weighted by Crippen LogP contribution is -2.48. The number of nitrogens with one attached hydrogen (secondary N) is 2. The first-order valence-electron chi connectivity index (χ1n) is 12.8. The molecule has 3 rings (SSSR count). The molecule has 38 heavy (non-hydrogen) atoms. The van der Waals surface area contributed by atoms with Gasteiger partial charge < -0.3 is 32.7 Å². The number of rotatable bonds is 14. The molecule has 0 bridgehead atoms. The van der Waals surface area contributed by atoms with Crippen molar-refractivity contribution >= 4 is 34.3 Å². The summed E-state index contributed by atoms with van der Waals surface area (Å²) in [7, 11) is 0. The van der Waals surface area contributed by atoms with Gasteiger partial charge in [-0.25, -0.2) is 0 Å². The number of hydrogen-bond acceptors (Lipinski definition) is 7. The molecular formula is C28H37N7O3. The molecule has 2 aromatic carbocycles. The minimum absolute atomic E-state index is 0.00135. The molecule has 10 heteroatoms. The Morgan fingerprint density at radius 3 is 2.32 bits per heavy atom. The number of anilines is 1. The van der Waals surface area contributed by atoms with E-state index in [1.54, 1.807) is 6.20 Å². The van der Waals surface area contributed by atoms with E-state index < -0.39 is 12.1 Å². The largest absolute Gasteiger partial charge is 0.344 e. The van der Waals surface area contributed by atoms with Crippen LogP contribution in [0.15, 0.2) is 66.9 Å². The van der Waals surface area contributed by atoms with E-state index in [1.807, 2.05) is 60.7 Å². The van der Waals surface area contributed by atoms with E-state index in [2.05, 4.69) is 15.6 Å². The predicted octanol–water partition coefficient (Wildman–Crippen LogP) is 1.14. The van der Waals surface area contributed by atoms with Crippen LogP contribution in [0.2, 0.25) is 0 Å². The first-order chi connectivity index (χ1) is 18.4. The van der Waals surface area contributed by atoms with Crippen LogP contribution in [0.4, 0.5) is 5.69 Å². The van der Waals surface area contributed by atoms with Gasteiger partial charge in [-0.3, -0.25) is 19.4 Å². The van der Waals surface area contributed by atoms with Crippen molar-refractivity contribution in [1.82, 2.24) is 15.2 Å². The predicted molar refractivity (Wildman–Crippen MR) is 149 cm³/mol. The fourth-order valence-corrected chi connectivity index (χ4v) is 4.15. The fraction of sp³-hybridized carbons (Fsp3) is 0.357. The highest BCUT2D eigenvalue weighted by molar-refractivity contribution is 5.98. The summed E-state index contributed by atoms with van der Waals surface area (Å²) in [6.45, 7) is 1.29. The van der Waals surface area contributed by atoms with Crippen LogP contribution >= 0.6 is 0 Å². The van der Waals surface area contributed by atoms with Crippen molar-refractivity contribution in [2.24, 2.45) is 17.2 Å². The molecule has 1 heterocycles. The summed E-state index contributed by atoms with van der Waals surface area (Å²) >= 11 is 0. The lowest BCUT2D eigenvalue weighted by atomic mass is 10.0. The van der Waals surface area contributed by atoms with Gasteiger partial charge in [0.1, 0.15) is 6.04 Å². The lowest BCUT2D eigenvalue weighted by molar-refractivity contribution is -0.133. The quantitative estimate of drug-likeness (QED) is 0.213. The summed E-state index contributed by atoms with van der Waals surface area (Å²) in [6.07, 6.45) is 2.72. The normalized spacial score (nSPS) is 12.5. The summed E-state index contributed by atoms with van der Waals surface area (Å²) < 4.78 is 0. The van der Waals surface area contributed by atoms with Gasteiger partial charge in [0.15, 0.2) is 0 Å². The highest BCUT2D eigenvalue weighted by Crippen LogP contribution is 2.17. The van der Waals surface area contributed by atoms with E-state index in [0.717, 1.165) is 16.5 Å². The number of hydrogen-bond donors (Lipinski definition) is 5. The number of aryl methyl sites for hydroxylation is 1. The maximum Gasteiger partial charge on any atom is 0.247 e. The van der Waals surface area contributed by atoms with Crippen molar-refractivity contribution in [3.8, 4) is 0 Å². The van der Waals surface area contributed by atoms with E-state index in [-0.39, 0.29) is 30.6 Å². The molecule has 0 fully saturated rings. The maximum absolute atomic E-state index is 13.2. The zero-order valence-corrected chi connectivity index (χ0v) is 21.5. The number of nitrogens with two attached hydrogens (primary N) is 3. The second kappa shape index (κ2) is 14.8. The Balaban J connectivity index is 1.63. The first-order valence-corrected chi connectivity index (χ1v) is 12.8. The third kappa shape index (κ3) is 8.62. The average molecular weight is 520 g/mol. The number of aromatic nitrogens is 1. The molecule has 0 saturated heterocycles. The van der Waals surface area contributed by atoms with Crippen LogP contribution in [-0.4, -0.2) is 65.9 Å². The van der Waals surface area contributed by atoms with Gasteiger partial charge in [0, 0.05) is 38.0 Å². The Bertz CT molecular complexity index is 1200. The second-order valence-electron chi connectivity index (χ2n) is 9.10. The van der Waals surface area contributed by atoms with Gasteiger partial charge in [-0.05, 0) is 37.0 Å². The number of benzene rings is 2. The average Bonchev–Trinajstić information content (AvgIpc) is 2.93. The number of carbonyl (C=O) groups excluding carboxylic acids is 3. The molecular weight excluding hydrogens is 482 g/mol. The van der Waals surface area contributed by atoms with Gasteiger partial charge in [0.05, 0.1) is 23.4 Å². The van der Waals surface area contributed by atoms with Gasteiger partial charge in [-0.1, -0.05) is 48.5 Å². The summed E-state index contributed by atoms with van der Waals surface area (Å²) in [5, 5.41) is 6.60. The third-order valence-corrected chi connectivity index (χ3v) is 6.18. The standard InChI is InChI=1S/C28H37N7O3/c29-14-16-35(17-15-30)28(38)23(31)11-13-26(36)34-25(12-10-20-6-2-1-3-7-20)27(37)33-22-18-21-8-4-5-9-24(21)32-19-22/h1-9,18-19,23,25H,10-17,29-31H2,(H,33,37)(H,34,36)/t23-,25-/m0/s1. The van der Waals surface area contributed by atoms with Crippen molar-refractivity contribution in [2.45, 2.75) is 37.8 Å². The van der Waals surface area contributed by atoms with E-state index in [0.29, 0.717) is 44.7 Å². The molecule has 0 unspecified atom stereocenters. The number of nitrogens with zero attached hydrogens (tertiary/aromatic N) is 2. The van der Waals surface area contributed by atoms with Crippen molar-refractivity contribution < 1.29 is 14.4 Å². The number of fused-ring (bicyclic) bond motifs is 1. The Kier molecular flexibility index (Phi) is 11.2. The van der Waals surface area contributed by atoms with Crippen molar-refractivity contribution in [2.75, 3.05) is 31.5 Å². The molecule has 0 aliphatic rings. The molecule has 3 amide bonds. The molecule has 0 saturated carbocycles. The Morgan fingerprint density at radius 2 is 1.61 bits per heavy atom. The van der Waals surface area contributed by atoms with Crippen LogP contribution in [0.1, 0.15) is 24.8 Å². The van der Waals surface area contributed by atoms with Crippen molar-refractivity contribution in [3.63, 3.8) is 0 Å². The number of para-hydroxylation sites is 1. The van der Waals surface area contributed by atoms with Gasteiger partial charge in [0.2, 0.25) is 17.7 Å². The van der Waals surface area contributed by atoms with Crippen LogP contribution in [0.3, 0.4) is 0 Å². The van der Waals surface area contributed by atoms with Crippen LogP contribution < -0.4 is 27.8 Å². The Morgan fingerprint density at radius 1 is 0.921 bits per heavy atom. The van der Waals surface area contributed by atoms with Gasteiger partial charge in [-0.15, -0.1) is 0 Å². The first kappa shape index (κ1) is 28.7. The highest BCUT2D eigenvalue weighted by Gasteiger charge is 2.24. The van der Waals surface area contributed by atoms with Crippen LogP contribution in [-0.2, 0) is 20.8 Å². The topological polar surface area (TPSA) is 169 Å². The van der Waals surface area contributed by atoms with Crippen LogP contribution in [0, 0.1) is 0 Å². The van der Waals surface area contributed by atoms with Crippen LogP contribution in [0.5, 0.6) is 0 Å². The molecule has 8 N–H and O–H groups in total. The number of carbonyl (C=O) groups is 3. The molecule has 202 valence electrons. The van der Waals surface area contributed by atoms with E-state index >= 15 is 0 Å². The molecule has 3 aromatic rings. The SMILES string of the molecule is NCCN(CCN)C(=O)[C@@H](N)CCC(=O)N[C@@H](CCc1ccccc1)C(=O)Nc1cnc2ccccc2c1. The van der Waals surface area contributed by atoms with Gasteiger partial charge in [-0.2, -0.15) is 0 Å². The molecule has 0 aliphatic carbocycles. The molecule has 1 aromatic heterocycles. The molecule has 10 nitrogen and oxygen atoms in total. The van der Waals surface area contributed by atoms with Crippen molar-refractivity contribution in [3.05, 3.63) is 72.4 Å². The fourth-order valence-electron chi connectivity index (χ4n) is 4.15. The minimum atomic E-state index is -0.862. The summed E-state index contributed by atoms with van der Waals surface area (Å²) in [4.78, 5) is 44.5. The number of pyridine rings is 1. The van der Waals surface area contributed by atoms with E-state index in [9.17, 15) is 14.4 Å². The summed E-state index contributed by atoms with van der Waals surface area (Å²) in [6, 6.07) is 17.5. The Hall–Kier alpha value is -3.86. The zero-order valence-electron chi connectivity index (χ0n) is 21.5. The zero-order chi connectivity index (χ0) is 27.3. The summed E-state index contributed by atoms with van der Waals surface area (Å²) in [5.74, 6) is -0.998. The number of amides is 3. The molecule has 2 atom stereocenters. The van der Waals surface area contributed by atoms with Crippen LogP contribution in [0.25, 0.3) is 10.9 Å². The third-order valence-electron chi connectivity index (χ3n) is 6.18. The molecule has 0 spiro atoms. The Labute approximate surface area is 222 Å². The lowest BCUT2D eigenvalue weighted by Gasteiger charge is -2.25. The molecule has 0 aliphatic heterocycles. The monoisotopic (exact) mass is 519 g/mol. The van der Waals surface area contributed by atoms with Crippen molar-refractivity contribution in [1.29, 1.82) is 0 Å². The minimum Gasteiger partial charge on any atom is -0.344 e. The second-order valence-corrected chi connectivity index (χ2v) is 9.10. The van der Waals surface area contributed by atoms with Gasteiger partial charge >= 0.3 is 0 Å².